The average Bonchev–Trinajstić information content (AvgIpc) is 2.96. The Morgan fingerprint density at radius 3 is 2.62 bits per heavy atom. The summed E-state index contributed by atoms with van der Waals surface area (Å²) in [6.45, 7) is 8.17. The van der Waals surface area contributed by atoms with Crippen molar-refractivity contribution < 1.29 is 18.6 Å². The van der Waals surface area contributed by atoms with Gasteiger partial charge in [-0.15, -0.1) is 0 Å². The van der Waals surface area contributed by atoms with Crippen LogP contribution in [0.3, 0.4) is 0 Å². The molecule has 0 aliphatic rings. The van der Waals surface area contributed by atoms with Crippen LogP contribution < -0.4 is 9.47 Å². The summed E-state index contributed by atoms with van der Waals surface area (Å²) in [5.41, 5.74) is 0.824. The van der Waals surface area contributed by atoms with E-state index in [0.717, 1.165) is 17.1 Å². The fraction of sp³-hybridized carbons (Fsp3) is 0.294. The van der Waals surface area contributed by atoms with Gasteiger partial charge in [-0.2, -0.15) is 0 Å². The standard InChI is InChI=1S/C17H20O4/c1-12(2)21-17-9-14(13(3)18-4)8-16(10-17)20-11-15-6-5-7-19-15/h5-10,12H,3,11H2,1-2,4H3. The minimum atomic E-state index is 0.0778. The van der Waals surface area contributed by atoms with Crippen molar-refractivity contribution in [2.24, 2.45) is 0 Å². The second-order valence-corrected chi connectivity index (χ2v) is 4.86. The number of hydrogen-bond acceptors (Lipinski definition) is 4. The van der Waals surface area contributed by atoms with E-state index < -0.39 is 0 Å². The molecule has 0 unspecified atom stereocenters. The van der Waals surface area contributed by atoms with Crippen LogP contribution in [0.4, 0.5) is 0 Å². The number of ether oxygens (including phenoxy) is 3. The molecule has 2 aromatic rings. The number of rotatable bonds is 7. The van der Waals surface area contributed by atoms with Gasteiger partial charge >= 0.3 is 0 Å². The van der Waals surface area contributed by atoms with Crippen LogP contribution in [-0.4, -0.2) is 13.2 Å². The fourth-order valence-corrected chi connectivity index (χ4v) is 1.82. The van der Waals surface area contributed by atoms with Crippen molar-refractivity contribution in [2.45, 2.75) is 26.6 Å². The summed E-state index contributed by atoms with van der Waals surface area (Å²) in [6, 6.07) is 9.28. The smallest absolute Gasteiger partial charge is 0.146 e. The van der Waals surface area contributed by atoms with Crippen LogP contribution in [0.25, 0.3) is 5.76 Å². The molecule has 0 spiro atoms. The normalized spacial score (nSPS) is 10.5. The van der Waals surface area contributed by atoms with Gasteiger partial charge in [-0.05, 0) is 38.1 Å². The van der Waals surface area contributed by atoms with Crippen LogP contribution in [0.2, 0.25) is 0 Å². The van der Waals surface area contributed by atoms with Crippen molar-refractivity contribution in [1.29, 1.82) is 0 Å². The Kier molecular flexibility index (Phi) is 4.93. The van der Waals surface area contributed by atoms with Gasteiger partial charge in [0, 0.05) is 11.6 Å². The lowest BCUT2D eigenvalue weighted by Crippen LogP contribution is -2.06. The highest BCUT2D eigenvalue weighted by Gasteiger charge is 2.08. The predicted octanol–water partition coefficient (Wildman–Crippen LogP) is 4.26. The van der Waals surface area contributed by atoms with Crippen molar-refractivity contribution in [2.75, 3.05) is 7.11 Å². The van der Waals surface area contributed by atoms with E-state index in [0.29, 0.717) is 18.1 Å². The minimum absolute atomic E-state index is 0.0778. The third kappa shape index (κ3) is 4.31. The van der Waals surface area contributed by atoms with E-state index in [1.807, 2.05) is 44.2 Å². The lowest BCUT2D eigenvalue weighted by atomic mass is 10.1. The molecule has 1 heterocycles. The molecular formula is C17H20O4. The molecule has 0 amide bonds. The molecule has 2 rings (SSSR count). The Morgan fingerprint density at radius 1 is 1.24 bits per heavy atom. The minimum Gasteiger partial charge on any atom is -0.497 e. The van der Waals surface area contributed by atoms with E-state index in [2.05, 4.69) is 6.58 Å². The number of hydrogen-bond donors (Lipinski definition) is 0. The Hall–Kier alpha value is -2.36. The quantitative estimate of drug-likeness (QED) is 0.714. The highest BCUT2D eigenvalue weighted by molar-refractivity contribution is 5.61. The molecular weight excluding hydrogens is 268 g/mol. The molecule has 0 aliphatic carbocycles. The van der Waals surface area contributed by atoms with Gasteiger partial charge in [0.25, 0.3) is 0 Å². The molecule has 1 aromatic carbocycles. The van der Waals surface area contributed by atoms with Crippen LogP contribution in [0.1, 0.15) is 25.2 Å². The van der Waals surface area contributed by atoms with Gasteiger partial charge < -0.3 is 18.6 Å². The Morgan fingerprint density at radius 2 is 2.00 bits per heavy atom. The lowest BCUT2D eigenvalue weighted by molar-refractivity contribution is 0.237. The number of methoxy groups -OCH3 is 1. The van der Waals surface area contributed by atoms with E-state index in [9.17, 15) is 0 Å². The number of furan rings is 1. The summed E-state index contributed by atoms with van der Waals surface area (Å²) < 4.78 is 21.9. The maximum Gasteiger partial charge on any atom is 0.146 e. The predicted molar refractivity (Wildman–Crippen MR) is 81.3 cm³/mol. The third-order valence-electron chi connectivity index (χ3n) is 2.78. The molecule has 0 saturated heterocycles. The monoisotopic (exact) mass is 288 g/mol. The summed E-state index contributed by atoms with van der Waals surface area (Å²) in [5, 5.41) is 0. The first-order valence-electron chi connectivity index (χ1n) is 6.78. The van der Waals surface area contributed by atoms with Crippen molar-refractivity contribution >= 4 is 5.76 Å². The van der Waals surface area contributed by atoms with E-state index in [1.165, 1.54) is 0 Å². The van der Waals surface area contributed by atoms with E-state index in [-0.39, 0.29) is 6.10 Å². The molecule has 0 fully saturated rings. The first-order valence-corrected chi connectivity index (χ1v) is 6.78. The molecule has 0 atom stereocenters. The van der Waals surface area contributed by atoms with Crippen LogP contribution in [-0.2, 0) is 11.3 Å². The van der Waals surface area contributed by atoms with Crippen LogP contribution in [0, 0.1) is 0 Å². The highest BCUT2D eigenvalue weighted by Crippen LogP contribution is 2.28. The molecule has 1 aromatic heterocycles. The van der Waals surface area contributed by atoms with Crippen molar-refractivity contribution in [3.05, 3.63) is 54.5 Å². The zero-order valence-corrected chi connectivity index (χ0v) is 12.6. The van der Waals surface area contributed by atoms with Gasteiger partial charge in [-0.3, -0.25) is 0 Å². The average molecular weight is 288 g/mol. The molecule has 0 saturated carbocycles. The molecule has 0 N–H and O–H groups in total. The van der Waals surface area contributed by atoms with E-state index in [1.54, 1.807) is 13.4 Å². The summed E-state index contributed by atoms with van der Waals surface area (Å²) in [6.07, 6.45) is 1.70. The maximum atomic E-state index is 5.74. The molecule has 4 nitrogen and oxygen atoms in total. The lowest BCUT2D eigenvalue weighted by Gasteiger charge is -2.14. The van der Waals surface area contributed by atoms with Crippen molar-refractivity contribution in [1.82, 2.24) is 0 Å². The van der Waals surface area contributed by atoms with Gasteiger partial charge in [0.05, 0.1) is 19.5 Å². The third-order valence-corrected chi connectivity index (χ3v) is 2.78. The summed E-state index contributed by atoms with van der Waals surface area (Å²) in [5.74, 6) is 2.72. The van der Waals surface area contributed by atoms with Crippen LogP contribution in [0.15, 0.2) is 47.6 Å². The van der Waals surface area contributed by atoms with Gasteiger partial charge in [0.2, 0.25) is 0 Å². The summed E-state index contributed by atoms with van der Waals surface area (Å²) >= 11 is 0. The Labute approximate surface area is 124 Å². The van der Waals surface area contributed by atoms with Crippen LogP contribution in [0.5, 0.6) is 11.5 Å². The SMILES string of the molecule is C=C(OC)c1cc(OCc2ccco2)cc(OC(C)C)c1. The highest BCUT2D eigenvalue weighted by atomic mass is 16.5. The summed E-state index contributed by atoms with van der Waals surface area (Å²) in [4.78, 5) is 0. The molecule has 0 bridgehead atoms. The van der Waals surface area contributed by atoms with E-state index >= 15 is 0 Å². The van der Waals surface area contributed by atoms with Crippen LogP contribution >= 0.6 is 0 Å². The first kappa shape index (κ1) is 15.0. The Bertz CT molecular complexity index is 585. The topological polar surface area (TPSA) is 40.8 Å². The van der Waals surface area contributed by atoms with Gasteiger partial charge in [-0.1, -0.05) is 6.58 Å². The molecule has 0 radical (unpaired) electrons. The van der Waals surface area contributed by atoms with Crippen molar-refractivity contribution in [3.8, 4) is 11.5 Å². The zero-order valence-electron chi connectivity index (χ0n) is 12.6. The first-order chi connectivity index (χ1) is 10.1. The molecule has 21 heavy (non-hydrogen) atoms. The second-order valence-electron chi connectivity index (χ2n) is 4.86. The van der Waals surface area contributed by atoms with E-state index in [4.69, 9.17) is 18.6 Å². The largest absolute Gasteiger partial charge is 0.497 e. The van der Waals surface area contributed by atoms with Crippen molar-refractivity contribution in [3.63, 3.8) is 0 Å². The zero-order chi connectivity index (χ0) is 15.2. The van der Waals surface area contributed by atoms with Gasteiger partial charge in [-0.25, -0.2) is 0 Å². The number of benzene rings is 1. The second kappa shape index (κ2) is 6.88. The fourth-order valence-electron chi connectivity index (χ4n) is 1.82. The maximum absolute atomic E-state index is 5.74. The summed E-state index contributed by atoms with van der Waals surface area (Å²) in [7, 11) is 1.59. The molecule has 0 aliphatic heterocycles. The molecule has 112 valence electrons. The molecule has 4 heteroatoms. The Balaban J connectivity index is 2.19. The van der Waals surface area contributed by atoms with Gasteiger partial charge in [0.15, 0.2) is 0 Å². The van der Waals surface area contributed by atoms with Gasteiger partial charge in [0.1, 0.15) is 29.6 Å².